The lowest BCUT2D eigenvalue weighted by Gasteiger charge is -2.45. The Bertz CT molecular complexity index is 1800. The van der Waals surface area contributed by atoms with Crippen LogP contribution in [0.5, 0.6) is 0 Å². The van der Waals surface area contributed by atoms with Gasteiger partial charge in [-0.15, -0.1) is 0 Å². The molecule has 0 aromatic heterocycles. The zero-order valence-electron chi connectivity index (χ0n) is 40.4. The summed E-state index contributed by atoms with van der Waals surface area (Å²) in [5, 5.41) is 112. The molecule has 390 valence electrons. The van der Waals surface area contributed by atoms with Crippen molar-refractivity contribution in [3.8, 4) is 0 Å². The van der Waals surface area contributed by atoms with E-state index in [0.717, 1.165) is 7.11 Å². The fourth-order valence-corrected chi connectivity index (χ4v) is 8.46. The molecule has 11 N–H and O–H groups in total. The number of rotatable bonds is 4. The van der Waals surface area contributed by atoms with E-state index in [-0.39, 0.29) is 31.6 Å². The van der Waals surface area contributed by atoms with Crippen molar-refractivity contribution in [1.29, 1.82) is 0 Å². The van der Waals surface area contributed by atoms with E-state index in [9.17, 15) is 65.4 Å². The predicted molar refractivity (Wildman–Crippen MR) is 251 cm³/mol. The highest BCUT2D eigenvalue weighted by Gasteiger charge is 2.51. The van der Waals surface area contributed by atoms with Crippen LogP contribution in [0, 0.1) is 17.8 Å². The molecule has 2 bridgehead atoms. The number of ether oxygens (including phenoxy) is 5. The van der Waals surface area contributed by atoms with Crippen LogP contribution in [0.15, 0.2) is 85.1 Å². The normalized spacial score (nSPS) is 43.4. The van der Waals surface area contributed by atoms with Gasteiger partial charge in [0.1, 0.15) is 24.2 Å². The highest BCUT2D eigenvalue weighted by atomic mass is 16.7. The Balaban J connectivity index is 1.92. The second-order valence-electron chi connectivity index (χ2n) is 18.4. The molecule has 3 aliphatic rings. The van der Waals surface area contributed by atoms with E-state index >= 15 is 0 Å². The summed E-state index contributed by atoms with van der Waals surface area (Å²) in [5.41, 5.74) is 0. The lowest BCUT2D eigenvalue weighted by Crippen LogP contribution is -2.64. The molecular formula is C50H77NO18. The third kappa shape index (κ3) is 20.0. The van der Waals surface area contributed by atoms with Crippen LogP contribution in [0.25, 0.3) is 0 Å². The Morgan fingerprint density at radius 3 is 1.83 bits per heavy atom. The largest absolute Gasteiger partial charge is 0.469 e. The minimum Gasteiger partial charge on any atom is -0.469 e. The van der Waals surface area contributed by atoms with Crippen molar-refractivity contribution in [2.75, 3.05) is 7.11 Å². The second-order valence-corrected chi connectivity index (χ2v) is 18.4. The molecule has 2 saturated heterocycles. The molecule has 3 rings (SSSR count). The first-order valence-corrected chi connectivity index (χ1v) is 23.6. The minimum atomic E-state index is -2.30. The number of esters is 2. The molecule has 0 saturated carbocycles. The van der Waals surface area contributed by atoms with Gasteiger partial charge in [-0.2, -0.15) is 0 Å². The molecule has 19 heteroatoms. The van der Waals surface area contributed by atoms with Crippen LogP contribution >= 0.6 is 0 Å². The van der Waals surface area contributed by atoms with Gasteiger partial charge in [0.2, 0.25) is 5.91 Å². The van der Waals surface area contributed by atoms with Gasteiger partial charge in [-0.3, -0.25) is 14.4 Å². The molecule has 3 heterocycles. The minimum absolute atomic E-state index is 0.107. The van der Waals surface area contributed by atoms with Gasteiger partial charge < -0.3 is 80.1 Å². The number of methoxy groups -OCH3 is 1. The van der Waals surface area contributed by atoms with Gasteiger partial charge in [0.15, 0.2) is 12.1 Å². The molecule has 2 fully saturated rings. The monoisotopic (exact) mass is 980 g/mol. The fraction of sp³-hybridized carbons (Fsp3) is 0.660. The van der Waals surface area contributed by atoms with Crippen molar-refractivity contribution in [1.82, 2.24) is 5.32 Å². The molecule has 0 unspecified atom stereocenters. The lowest BCUT2D eigenvalue weighted by molar-refractivity contribution is -0.309. The van der Waals surface area contributed by atoms with Crippen LogP contribution in [0.1, 0.15) is 86.0 Å². The Kier molecular flexibility index (Phi) is 25.3. The van der Waals surface area contributed by atoms with Gasteiger partial charge in [-0.05, 0) is 33.1 Å². The summed E-state index contributed by atoms with van der Waals surface area (Å²) in [6.45, 7) is 7.95. The third-order valence-corrected chi connectivity index (χ3v) is 12.5. The average molecular weight is 980 g/mol. The number of nitrogens with one attached hydrogen (secondary N) is 1. The summed E-state index contributed by atoms with van der Waals surface area (Å²) in [6.07, 6.45) is 3.52. The van der Waals surface area contributed by atoms with Crippen molar-refractivity contribution < 1.29 is 89.1 Å². The molecule has 0 spiro atoms. The summed E-state index contributed by atoms with van der Waals surface area (Å²) >= 11 is 0. The van der Waals surface area contributed by atoms with E-state index in [2.05, 4.69) is 5.32 Å². The maximum Gasteiger partial charge on any atom is 0.313 e. The van der Waals surface area contributed by atoms with Gasteiger partial charge in [0.25, 0.3) is 0 Å². The van der Waals surface area contributed by atoms with Crippen LogP contribution in [0.2, 0.25) is 0 Å². The highest BCUT2D eigenvalue weighted by Crippen LogP contribution is 2.38. The molecule has 0 aromatic rings. The summed E-state index contributed by atoms with van der Waals surface area (Å²) in [6, 6.07) is -1.19. The number of carbonyl (C=O) groups excluding carboxylic acids is 3. The lowest BCUT2D eigenvalue weighted by atomic mass is 9.82. The molecule has 3 aliphatic heterocycles. The van der Waals surface area contributed by atoms with Crippen molar-refractivity contribution >= 4 is 17.8 Å². The number of allylic oxidation sites excluding steroid dienone is 12. The number of amides is 1. The number of cyclic esters (lactones) is 1. The Morgan fingerprint density at radius 1 is 0.667 bits per heavy atom. The molecule has 0 aromatic carbocycles. The van der Waals surface area contributed by atoms with E-state index in [0.29, 0.717) is 0 Å². The van der Waals surface area contributed by atoms with Crippen LogP contribution in [0.3, 0.4) is 0 Å². The van der Waals surface area contributed by atoms with Crippen molar-refractivity contribution in [3.05, 3.63) is 85.1 Å². The first-order chi connectivity index (χ1) is 32.5. The molecular weight excluding hydrogens is 903 g/mol. The Morgan fingerprint density at radius 2 is 1.25 bits per heavy atom. The van der Waals surface area contributed by atoms with Crippen LogP contribution in [-0.2, 0) is 38.1 Å². The van der Waals surface area contributed by atoms with Crippen LogP contribution in [-0.4, -0.2) is 173 Å². The fourth-order valence-electron chi connectivity index (χ4n) is 8.46. The maximum absolute atomic E-state index is 13.1. The van der Waals surface area contributed by atoms with Crippen LogP contribution < -0.4 is 5.32 Å². The summed E-state index contributed by atoms with van der Waals surface area (Å²) < 4.78 is 28.6. The van der Waals surface area contributed by atoms with Gasteiger partial charge >= 0.3 is 11.9 Å². The van der Waals surface area contributed by atoms with Crippen LogP contribution in [0.4, 0.5) is 0 Å². The van der Waals surface area contributed by atoms with E-state index in [1.54, 1.807) is 74.6 Å². The Labute approximate surface area is 404 Å². The van der Waals surface area contributed by atoms with E-state index in [1.807, 2.05) is 25.2 Å². The molecule has 0 aliphatic carbocycles. The zero-order chi connectivity index (χ0) is 51.4. The van der Waals surface area contributed by atoms with E-state index in [4.69, 9.17) is 23.7 Å². The summed E-state index contributed by atoms with van der Waals surface area (Å²) in [7, 11) is 1.10. The number of fused-ring (bicyclic) bond motifs is 2. The van der Waals surface area contributed by atoms with Gasteiger partial charge in [0.05, 0.1) is 80.6 Å². The van der Waals surface area contributed by atoms with Gasteiger partial charge in [-0.1, -0.05) is 98.9 Å². The SMILES string of the molecule is COC(=O)[C@H]1[C@@H]2C[C@@H](O[C@@H]3O[C@H](C)[C@@H](O)[C@H](NC(C)=O)[C@@H]3O)/C=C/C=C/C=C/C=C/C=C/C=C/C=C/[C@H](C)[C@@H](O)[C@@H](C)[C@H](C)OC(=O)C[C@H](O)C[C@H](O)CC[C@@H](O)[C@H](O)C[C@H](O)C[C@](O)(C[C@@H]1O)O2. The predicted octanol–water partition coefficient (Wildman–Crippen LogP) is 0.978. The smallest absolute Gasteiger partial charge is 0.313 e. The third-order valence-electron chi connectivity index (χ3n) is 12.5. The number of aliphatic hydroxyl groups excluding tert-OH is 9. The highest BCUT2D eigenvalue weighted by molar-refractivity contribution is 5.74. The first-order valence-electron chi connectivity index (χ1n) is 23.6. The van der Waals surface area contributed by atoms with Crippen molar-refractivity contribution in [2.24, 2.45) is 17.8 Å². The maximum atomic E-state index is 13.1. The quantitative estimate of drug-likeness (QED) is 0.175. The summed E-state index contributed by atoms with van der Waals surface area (Å²) in [4.78, 5) is 37.8. The van der Waals surface area contributed by atoms with Gasteiger partial charge in [-0.25, -0.2) is 0 Å². The summed E-state index contributed by atoms with van der Waals surface area (Å²) in [5.74, 6) is -6.58. The molecule has 19 atom stereocenters. The number of hydrogen-bond acceptors (Lipinski definition) is 18. The first kappa shape index (κ1) is 59.4. The molecule has 19 nitrogen and oxygen atoms in total. The standard InChI is InChI=1S/C50H77NO18/c1-29-19-17-15-13-11-9-7-8-10-12-14-16-18-20-37(68-49-47(62)44(51-33(5)52)46(61)32(4)67-49)26-41-43(48(63)65-6)40(58)28-50(64,69-41)27-36(55)24-39(57)38(56)22-21-34(53)23-35(54)25-42(59)66-31(3)30(2)45(29)60/h7-20,29-32,34-41,43-47,49,53-58,60-62,64H,21-28H2,1-6H3,(H,51,52)/b8-7+,11-9+,12-10+,15-13+,16-14+,19-17+,20-18+/t29-,30-,31-,32+,34+,35+,36-,37-,38+,39+,40-,41-,43+,44-,45+,46+,47-,49-,50+/m0/s1. The molecule has 0 radical (unpaired) electrons. The van der Waals surface area contributed by atoms with E-state index in [1.165, 1.54) is 19.9 Å². The van der Waals surface area contributed by atoms with Crippen molar-refractivity contribution in [2.45, 2.75) is 183 Å². The number of aliphatic hydroxyl groups is 10. The van der Waals surface area contributed by atoms with Gasteiger partial charge in [0, 0.05) is 44.4 Å². The van der Waals surface area contributed by atoms with E-state index < -0.39 is 153 Å². The number of hydrogen-bond donors (Lipinski definition) is 11. The zero-order valence-corrected chi connectivity index (χ0v) is 40.4. The van der Waals surface area contributed by atoms with Crippen molar-refractivity contribution in [3.63, 3.8) is 0 Å². The molecule has 69 heavy (non-hydrogen) atoms. The average Bonchev–Trinajstić information content (AvgIpc) is 3.26. The topological polar surface area (TPSA) is 312 Å². The Hall–Kier alpha value is -3.93. The molecule has 1 amide bonds. The second kappa shape index (κ2) is 29.4. The number of carbonyl (C=O) groups is 3.